The van der Waals surface area contributed by atoms with Crippen LogP contribution >= 0.6 is 0 Å². The summed E-state index contributed by atoms with van der Waals surface area (Å²) < 4.78 is 1.38. The van der Waals surface area contributed by atoms with Crippen LogP contribution in [0.2, 0.25) is 0 Å². The standard InChI is InChI=1S/C20H21N5O3/c1-21-19(27)17-9-16(18(26)22-8-7-15-10-23-24-11-15)13-25(20(17)28)12-14-5-3-2-4-6-14/h2-6,9-11,13H,7-8,12H2,1H3,(H,21,27)(H,22,26)(H,23,24). The molecule has 0 saturated carbocycles. The summed E-state index contributed by atoms with van der Waals surface area (Å²) >= 11 is 0. The highest BCUT2D eigenvalue weighted by Crippen LogP contribution is 2.06. The third kappa shape index (κ3) is 4.53. The molecule has 0 aliphatic rings. The van der Waals surface area contributed by atoms with E-state index in [1.54, 1.807) is 12.4 Å². The summed E-state index contributed by atoms with van der Waals surface area (Å²) in [5.41, 5.74) is 1.60. The van der Waals surface area contributed by atoms with Crippen LogP contribution in [0.1, 0.15) is 31.8 Å². The van der Waals surface area contributed by atoms with E-state index < -0.39 is 11.5 Å². The maximum absolute atomic E-state index is 12.7. The highest BCUT2D eigenvalue weighted by Gasteiger charge is 2.17. The molecule has 0 unspecified atom stereocenters. The summed E-state index contributed by atoms with van der Waals surface area (Å²) in [6, 6.07) is 10.7. The number of carbonyl (C=O) groups excluding carboxylic acids is 2. The number of amides is 2. The van der Waals surface area contributed by atoms with E-state index in [4.69, 9.17) is 0 Å². The van der Waals surface area contributed by atoms with Crippen LogP contribution in [0.4, 0.5) is 0 Å². The predicted molar refractivity (Wildman–Crippen MR) is 104 cm³/mol. The Morgan fingerprint density at radius 3 is 2.61 bits per heavy atom. The molecular weight excluding hydrogens is 358 g/mol. The minimum Gasteiger partial charge on any atom is -0.355 e. The Balaban J connectivity index is 1.84. The van der Waals surface area contributed by atoms with Gasteiger partial charge in [0.1, 0.15) is 5.56 Å². The van der Waals surface area contributed by atoms with E-state index in [-0.39, 0.29) is 23.6 Å². The highest BCUT2D eigenvalue weighted by molar-refractivity contribution is 5.99. The quantitative estimate of drug-likeness (QED) is 0.568. The number of hydrogen-bond acceptors (Lipinski definition) is 4. The van der Waals surface area contributed by atoms with Gasteiger partial charge in [-0.1, -0.05) is 30.3 Å². The molecule has 0 spiro atoms. The van der Waals surface area contributed by atoms with Crippen molar-refractivity contribution in [3.05, 3.63) is 87.6 Å². The van der Waals surface area contributed by atoms with E-state index >= 15 is 0 Å². The lowest BCUT2D eigenvalue weighted by Gasteiger charge is -2.12. The zero-order chi connectivity index (χ0) is 19.9. The summed E-state index contributed by atoms with van der Waals surface area (Å²) in [6.45, 7) is 0.672. The Morgan fingerprint density at radius 2 is 1.93 bits per heavy atom. The highest BCUT2D eigenvalue weighted by atomic mass is 16.2. The van der Waals surface area contributed by atoms with Crippen LogP contribution in [0.5, 0.6) is 0 Å². The van der Waals surface area contributed by atoms with Crippen molar-refractivity contribution in [1.82, 2.24) is 25.4 Å². The van der Waals surface area contributed by atoms with Crippen molar-refractivity contribution in [1.29, 1.82) is 0 Å². The van der Waals surface area contributed by atoms with Gasteiger partial charge in [-0.25, -0.2) is 0 Å². The van der Waals surface area contributed by atoms with Crippen molar-refractivity contribution in [2.75, 3.05) is 13.6 Å². The monoisotopic (exact) mass is 379 g/mol. The maximum atomic E-state index is 12.7. The van der Waals surface area contributed by atoms with Gasteiger partial charge in [0.15, 0.2) is 0 Å². The summed E-state index contributed by atoms with van der Waals surface area (Å²) in [4.78, 5) is 37.4. The molecule has 0 atom stereocenters. The van der Waals surface area contributed by atoms with Crippen molar-refractivity contribution >= 4 is 11.8 Å². The van der Waals surface area contributed by atoms with Gasteiger partial charge in [-0.2, -0.15) is 5.10 Å². The van der Waals surface area contributed by atoms with Gasteiger partial charge in [0.2, 0.25) is 0 Å². The molecule has 0 radical (unpaired) electrons. The van der Waals surface area contributed by atoms with E-state index in [0.29, 0.717) is 13.0 Å². The summed E-state index contributed by atoms with van der Waals surface area (Å²) in [6.07, 6.45) is 5.55. The summed E-state index contributed by atoms with van der Waals surface area (Å²) in [7, 11) is 1.45. The molecule has 3 N–H and O–H groups in total. The SMILES string of the molecule is CNC(=O)c1cc(C(=O)NCCc2cn[nH]c2)cn(Cc2ccccc2)c1=O. The first-order valence-corrected chi connectivity index (χ1v) is 8.85. The second-order valence-corrected chi connectivity index (χ2v) is 6.25. The molecule has 28 heavy (non-hydrogen) atoms. The van der Waals surface area contributed by atoms with Crippen molar-refractivity contribution in [3.63, 3.8) is 0 Å². The summed E-state index contributed by atoms with van der Waals surface area (Å²) in [5.74, 6) is -0.879. The summed E-state index contributed by atoms with van der Waals surface area (Å²) in [5, 5.41) is 11.8. The molecule has 0 aliphatic heterocycles. The van der Waals surface area contributed by atoms with Crippen LogP contribution < -0.4 is 16.2 Å². The largest absolute Gasteiger partial charge is 0.355 e. The Bertz CT molecular complexity index is 1010. The third-order valence-corrected chi connectivity index (χ3v) is 4.27. The van der Waals surface area contributed by atoms with E-state index in [1.807, 2.05) is 30.3 Å². The molecule has 0 bridgehead atoms. The number of rotatable bonds is 7. The number of carbonyl (C=O) groups is 2. The number of benzene rings is 1. The molecule has 3 aromatic rings. The van der Waals surface area contributed by atoms with Gasteiger partial charge in [0.25, 0.3) is 17.4 Å². The molecule has 1 aromatic carbocycles. The minimum atomic E-state index is -0.528. The molecule has 2 heterocycles. The molecule has 0 saturated heterocycles. The normalized spacial score (nSPS) is 10.5. The second kappa shape index (κ2) is 8.81. The van der Waals surface area contributed by atoms with Gasteiger partial charge in [-0.15, -0.1) is 0 Å². The van der Waals surface area contributed by atoms with Crippen molar-refractivity contribution < 1.29 is 9.59 Å². The van der Waals surface area contributed by atoms with Crippen molar-refractivity contribution in [3.8, 4) is 0 Å². The minimum absolute atomic E-state index is 0.0686. The number of hydrogen-bond donors (Lipinski definition) is 3. The molecule has 0 fully saturated rings. The van der Waals surface area contributed by atoms with Crippen LogP contribution in [-0.4, -0.2) is 40.2 Å². The van der Waals surface area contributed by atoms with E-state index in [2.05, 4.69) is 20.8 Å². The third-order valence-electron chi connectivity index (χ3n) is 4.27. The lowest BCUT2D eigenvalue weighted by Crippen LogP contribution is -2.34. The molecule has 8 nitrogen and oxygen atoms in total. The van der Waals surface area contributed by atoms with Crippen LogP contribution in [0.25, 0.3) is 0 Å². The fourth-order valence-electron chi connectivity index (χ4n) is 2.79. The average Bonchev–Trinajstić information content (AvgIpc) is 3.23. The molecule has 2 amide bonds. The van der Waals surface area contributed by atoms with Gasteiger partial charge >= 0.3 is 0 Å². The van der Waals surface area contributed by atoms with Crippen LogP contribution in [0.3, 0.4) is 0 Å². The second-order valence-electron chi connectivity index (χ2n) is 6.25. The van der Waals surface area contributed by atoms with Gasteiger partial charge < -0.3 is 15.2 Å². The van der Waals surface area contributed by atoms with Crippen LogP contribution in [0, 0.1) is 0 Å². The Morgan fingerprint density at radius 1 is 1.14 bits per heavy atom. The number of pyridine rings is 1. The molecule has 8 heteroatoms. The van der Waals surface area contributed by atoms with Crippen LogP contribution in [0.15, 0.2) is 59.8 Å². The predicted octanol–water partition coefficient (Wildman–Crippen LogP) is 0.952. The number of nitrogens with zero attached hydrogens (tertiary/aromatic N) is 2. The fraction of sp³-hybridized carbons (Fsp3) is 0.200. The number of aromatic amines is 1. The van der Waals surface area contributed by atoms with Crippen molar-refractivity contribution in [2.24, 2.45) is 0 Å². The molecule has 2 aromatic heterocycles. The molecule has 3 rings (SSSR count). The Hall–Kier alpha value is -3.68. The first kappa shape index (κ1) is 19.1. The van der Waals surface area contributed by atoms with E-state index in [9.17, 15) is 14.4 Å². The maximum Gasteiger partial charge on any atom is 0.263 e. The van der Waals surface area contributed by atoms with Crippen LogP contribution in [-0.2, 0) is 13.0 Å². The molecular formula is C20H21N5O3. The Kier molecular flexibility index (Phi) is 6.01. The molecule has 0 aliphatic carbocycles. The van der Waals surface area contributed by atoms with Gasteiger partial charge in [-0.05, 0) is 23.6 Å². The van der Waals surface area contributed by atoms with E-state index in [1.165, 1.54) is 23.9 Å². The zero-order valence-electron chi connectivity index (χ0n) is 15.4. The number of aromatic nitrogens is 3. The smallest absolute Gasteiger partial charge is 0.263 e. The average molecular weight is 379 g/mol. The number of nitrogens with one attached hydrogen (secondary N) is 3. The van der Waals surface area contributed by atoms with Gasteiger partial charge in [0, 0.05) is 26.0 Å². The topological polar surface area (TPSA) is 109 Å². The zero-order valence-corrected chi connectivity index (χ0v) is 15.4. The lowest BCUT2D eigenvalue weighted by molar-refractivity contribution is 0.0953. The molecule has 144 valence electrons. The number of H-pyrrole nitrogens is 1. The Labute approximate surface area is 161 Å². The van der Waals surface area contributed by atoms with Gasteiger partial charge in [-0.3, -0.25) is 19.5 Å². The lowest BCUT2D eigenvalue weighted by atomic mass is 10.1. The first-order chi connectivity index (χ1) is 13.6. The van der Waals surface area contributed by atoms with E-state index in [0.717, 1.165) is 11.1 Å². The van der Waals surface area contributed by atoms with Crippen molar-refractivity contribution in [2.45, 2.75) is 13.0 Å². The van der Waals surface area contributed by atoms with Gasteiger partial charge in [0.05, 0.1) is 18.3 Å². The fourth-order valence-corrected chi connectivity index (χ4v) is 2.79. The first-order valence-electron chi connectivity index (χ1n) is 8.85.